The Balaban J connectivity index is 1.74. The Labute approximate surface area is 157 Å². The number of aromatic nitrogens is 4. The molecule has 0 fully saturated rings. The van der Waals surface area contributed by atoms with E-state index in [1.54, 1.807) is 0 Å². The van der Waals surface area contributed by atoms with Gasteiger partial charge in [-0.1, -0.05) is 78.9 Å². The molecule has 5 heteroatoms. The zero-order valence-electron chi connectivity index (χ0n) is 14.1. The van der Waals surface area contributed by atoms with Crippen LogP contribution in [0.15, 0.2) is 78.9 Å². The standard InChI is InChI=1S/C21H17ClN4/c22-14-16-10-12-18(13-11-16)19-8-4-5-9-20(19)21-23-24-25-26(21)15-17-6-2-1-3-7-17/h1-13H,14-15H2. The van der Waals surface area contributed by atoms with Crippen molar-refractivity contribution < 1.29 is 0 Å². The Morgan fingerprint density at radius 1 is 0.731 bits per heavy atom. The fourth-order valence-corrected chi connectivity index (χ4v) is 3.14. The molecule has 0 spiro atoms. The Kier molecular flexibility index (Phi) is 4.75. The largest absolute Gasteiger partial charge is 0.221 e. The molecule has 1 heterocycles. The van der Waals surface area contributed by atoms with Crippen LogP contribution in [0.2, 0.25) is 0 Å². The number of tetrazole rings is 1. The monoisotopic (exact) mass is 360 g/mol. The van der Waals surface area contributed by atoms with Gasteiger partial charge in [-0.15, -0.1) is 16.7 Å². The third-order valence-electron chi connectivity index (χ3n) is 4.29. The van der Waals surface area contributed by atoms with E-state index in [0.29, 0.717) is 12.4 Å². The molecule has 0 atom stereocenters. The van der Waals surface area contributed by atoms with Crippen LogP contribution in [0.4, 0.5) is 0 Å². The van der Waals surface area contributed by atoms with Crippen LogP contribution in [-0.4, -0.2) is 20.2 Å². The van der Waals surface area contributed by atoms with Gasteiger partial charge in [-0.05, 0) is 32.7 Å². The average Bonchev–Trinajstić information content (AvgIpc) is 3.17. The smallest absolute Gasteiger partial charge is 0.182 e. The van der Waals surface area contributed by atoms with Gasteiger partial charge in [0.2, 0.25) is 0 Å². The van der Waals surface area contributed by atoms with Gasteiger partial charge in [0.05, 0.1) is 6.54 Å². The maximum atomic E-state index is 5.91. The highest BCUT2D eigenvalue weighted by atomic mass is 35.5. The SMILES string of the molecule is ClCc1ccc(-c2ccccc2-c2nnnn2Cc2ccccc2)cc1. The van der Waals surface area contributed by atoms with E-state index in [-0.39, 0.29) is 0 Å². The Bertz CT molecular complexity index is 994. The first kappa shape index (κ1) is 16.5. The highest BCUT2D eigenvalue weighted by Crippen LogP contribution is 2.31. The highest BCUT2D eigenvalue weighted by Gasteiger charge is 2.14. The van der Waals surface area contributed by atoms with Crippen LogP contribution >= 0.6 is 11.6 Å². The van der Waals surface area contributed by atoms with Crippen LogP contribution < -0.4 is 0 Å². The number of halogens is 1. The van der Waals surface area contributed by atoms with E-state index < -0.39 is 0 Å². The van der Waals surface area contributed by atoms with Crippen molar-refractivity contribution in [2.75, 3.05) is 0 Å². The fraction of sp³-hybridized carbons (Fsp3) is 0.0952. The van der Waals surface area contributed by atoms with Gasteiger partial charge in [0.1, 0.15) is 0 Å². The third-order valence-corrected chi connectivity index (χ3v) is 4.60. The molecule has 128 valence electrons. The first-order valence-corrected chi connectivity index (χ1v) is 8.93. The van der Waals surface area contributed by atoms with Gasteiger partial charge >= 0.3 is 0 Å². The zero-order valence-corrected chi connectivity index (χ0v) is 14.8. The molecule has 0 saturated carbocycles. The minimum absolute atomic E-state index is 0.511. The number of hydrogen-bond acceptors (Lipinski definition) is 3. The summed E-state index contributed by atoms with van der Waals surface area (Å²) in [6, 6.07) is 26.6. The summed E-state index contributed by atoms with van der Waals surface area (Å²) in [7, 11) is 0. The van der Waals surface area contributed by atoms with Gasteiger partial charge in [-0.3, -0.25) is 0 Å². The first-order valence-electron chi connectivity index (χ1n) is 8.40. The van der Waals surface area contributed by atoms with Crippen molar-refractivity contribution in [2.24, 2.45) is 0 Å². The van der Waals surface area contributed by atoms with E-state index in [1.165, 1.54) is 0 Å². The molecule has 26 heavy (non-hydrogen) atoms. The Morgan fingerprint density at radius 3 is 2.15 bits per heavy atom. The second kappa shape index (κ2) is 7.50. The van der Waals surface area contributed by atoms with Gasteiger partial charge in [0.25, 0.3) is 0 Å². The molecule has 1 aromatic heterocycles. The number of benzene rings is 3. The maximum absolute atomic E-state index is 5.91. The molecular formula is C21H17ClN4. The molecule has 0 radical (unpaired) electrons. The molecule has 0 N–H and O–H groups in total. The quantitative estimate of drug-likeness (QED) is 0.480. The lowest BCUT2D eigenvalue weighted by atomic mass is 9.98. The van der Waals surface area contributed by atoms with Crippen LogP contribution in [0, 0.1) is 0 Å². The van der Waals surface area contributed by atoms with Gasteiger partial charge in [-0.2, -0.15) is 0 Å². The van der Waals surface area contributed by atoms with Crippen LogP contribution in [0.5, 0.6) is 0 Å². The minimum Gasteiger partial charge on any atom is -0.221 e. The van der Waals surface area contributed by atoms with E-state index in [9.17, 15) is 0 Å². The average molecular weight is 361 g/mol. The summed E-state index contributed by atoms with van der Waals surface area (Å²) >= 11 is 5.91. The summed E-state index contributed by atoms with van der Waals surface area (Å²) in [5.74, 6) is 1.27. The maximum Gasteiger partial charge on any atom is 0.182 e. The topological polar surface area (TPSA) is 43.6 Å². The number of hydrogen-bond donors (Lipinski definition) is 0. The molecular weight excluding hydrogens is 344 g/mol. The Hall–Kier alpha value is -2.98. The minimum atomic E-state index is 0.511. The molecule has 0 bridgehead atoms. The normalized spacial score (nSPS) is 10.8. The number of rotatable bonds is 5. The van der Waals surface area contributed by atoms with Crippen molar-refractivity contribution in [1.82, 2.24) is 20.2 Å². The lowest BCUT2D eigenvalue weighted by molar-refractivity contribution is 0.653. The summed E-state index contributed by atoms with van der Waals surface area (Å²) < 4.78 is 1.83. The molecule has 4 aromatic rings. The second-order valence-electron chi connectivity index (χ2n) is 6.02. The highest BCUT2D eigenvalue weighted by molar-refractivity contribution is 6.17. The van der Waals surface area contributed by atoms with Gasteiger partial charge in [0.15, 0.2) is 5.82 Å². The van der Waals surface area contributed by atoms with E-state index in [1.807, 2.05) is 47.1 Å². The molecule has 0 amide bonds. The molecule has 3 aromatic carbocycles. The molecule has 0 aliphatic carbocycles. The van der Waals surface area contributed by atoms with E-state index in [2.05, 4.69) is 51.9 Å². The third kappa shape index (κ3) is 3.37. The van der Waals surface area contributed by atoms with E-state index >= 15 is 0 Å². The van der Waals surface area contributed by atoms with Crippen molar-refractivity contribution in [3.8, 4) is 22.5 Å². The lowest BCUT2D eigenvalue weighted by Crippen LogP contribution is -2.05. The van der Waals surface area contributed by atoms with Gasteiger partial charge < -0.3 is 0 Å². The van der Waals surface area contributed by atoms with Crippen molar-refractivity contribution in [1.29, 1.82) is 0 Å². The molecule has 0 unspecified atom stereocenters. The molecule has 0 aliphatic heterocycles. The van der Waals surface area contributed by atoms with E-state index in [0.717, 1.165) is 33.6 Å². The van der Waals surface area contributed by atoms with Crippen LogP contribution in [-0.2, 0) is 12.4 Å². The van der Waals surface area contributed by atoms with Crippen molar-refractivity contribution in [3.05, 3.63) is 90.0 Å². The summed E-state index contributed by atoms with van der Waals surface area (Å²) in [6.07, 6.45) is 0. The number of nitrogens with zero attached hydrogens (tertiary/aromatic N) is 4. The van der Waals surface area contributed by atoms with Crippen LogP contribution in [0.3, 0.4) is 0 Å². The second-order valence-corrected chi connectivity index (χ2v) is 6.29. The van der Waals surface area contributed by atoms with Gasteiger partial charge in [0, 0.05) is 11.4 Å². The molecule has 4 nitrogen and oxygen atoms in total. The molecule has 0 aliphatic rings. The summed E-state index contributed by atoms with van der Waals surface area (Å²) in [5, 5.41) is 12.4. The first-order chi connectivity index (χ1) is 12.8. The Morgan fingerprint density at radius 2 is 1.42 bits per heavy atom. The lowest BCUT2D eigenvalue weighted by Gasteiger charge is -2.10. The molecule has 4 rings (SSSR count). The van der Waals surface area contributed by atoms with Crippen LogP contribution in [0.1, 0.15) is 11.1 Å². The fourth-order valence-electron chi connectivity index (χ4n) is 2.96. The predicted molar refractivity (Wildman–Crippen MR) is 104 cm³/mol. The van der Waals surface area contributed by atoms with Crippen molar-refractivity contribution in [2.45, 2.75) is 12.4 Å². The summed E-state index contributed by atoms with van der Waals surface area (Å²) in [6.45, 7) is 0.628. The summed E-state index contributed by atoms with van der Waals surface area (Å²) in [5.41, 5.74) is 5.47. The van der Waals surface area contributed by atoms with E-state index in [4.69, 9.17) is 11.6 Å². The summed E-state index contributed by atoms with van der Waals surface area (Å²) in [4.78, 5) is 0. The zero-order chi connectivity index (χ0) is 17.8. The van der Waals surface area contributed by atoms with Gasteiger partial charge in [-0.25, -0.2) is 4.68 Å². The molecule has 0 saturated heterocycles. The van der Waals surface area contributed by atoms with Crippen molar-refractivity contribution in [3.63, 3.8) is 0 Å². The van der Waals surface area contributed by atoms with Crippen molar-refractivity contribution >= 4 is 11.6 Å². The van der Waals surface area contributed by atoms with Crippen LogP contribution in [0.25, 0.3) is 22.5 Å². The number of alkyl halides is 1. The predicted octanol–water partition coefficient (Wildman–Crippen LogP) is 4.79.